The molecule has 4 nitrogen and oxygen atoms in total. The topological polar surface area (TPSA) is 43.9 Å². The summed E-state index contributed by atoms with van der Waals surface area (Å²) in [7, 11) is 0. The van der Waals surface area contributed by atoms with Crippen LogP contribution in [0.25, 0.3) is 0 Å². The number of rotatable bonds is 3. The van der Waals surface area contributed by atoms with Crippen LogP contribution in [0.15, 0.2) is 27.7 Å². The fraction of sp³-hybridized carbons (Fsp3) is 0.400. The summed E-state index contributed by atoms with van der Waals surface area (Å²) in [5, 5.41) is 4.18. The quantitative estimate of drug-likeness (QED) is 0.861. The van der Waals surface area contributed by atoms with Gasteiger partial charge in [0.15, 0.2) is 6.39 Å². The minimum absolute atomic E-state index is 0.349. The van der Waals surface area contributed by atoms with Crippen LogP contribution in [0.4, 0.5) is 0 Å². The number of hydrogen-bond donors (Lipinski definition) is 0. The second-order valence-corrected chi connectivity index (χ2v) is 4.59. The lowest BCUT2D eigenvalue weighted by Crippen LogP contribution is -2.03. The zero-order valence-electron chi connectivity index (χ0n) is 8.64. The van der Waals surface area contributed by atoms with Crippen molar-refractivity contribution >= 4 is 15.9 Å². The Kier molecular flexibility index (Phi) is 2.90. The van der Waals surface area contributed by atoms with Gasteiger partial charge in [0.25, 0.3) is 0 Å². The molecule has 0 aliphatic carbocycles. The molecule has 0 saturated heterocycles. The van der Waals surface area contributed by atoms with E-state index >= 15 is 0 Å². The van der Waals surface area contributed by atoms with Crippen molar-refractivity contribution in [1.82, 2.24) is 14.8 Å². The second-order valence-electron chi connectivity index (χ2n) is 3.67. The van der Waals surface area contributed by atoms with Crippen LogP contribution in [-0.2, 0) is 6.54 Å². The Morgan fingerprint density at radius 3 is 2.93 bits per heavy atom. The molecule has 0 unspecified atom stereocenters. The van der Waals surface area contributed by atoms with Crippen LogP contribution >= 0.6 is 15.9 Å². The van der Waals surface area contributed by atoms with Crippen molar-refractivity contribution in [1.29, 1.82) is 0 Å². The minimum atomic E-state index is 0.349. The number of halogens is 1. The van der Waals surface area contributed by atoms with Crippen LogP contribution < -0.4 is 0 Å². The molecule has 0 atom stereocenters. The van der Waals surface area contributed by atoms with Gasteiger partial charge in [-0.05, 0) is 15.9 Å². The van der Waals surface area contributed by atoms with Gasteiger partial charge >= 0.3 is 0 Å². The molecular formula is C10H12BrN3O. The van der Waals surface area contributed by atoms with Crippen molar-refractivity contribution in [3.63, 3.8) is 0 Å². The molecule has 0 saturated carbocycles. The molecule has 0 aromatic carbocycles. The number of aromatic nitrogens is 3. The standard InChI is InChI=1S/C10H12BrN3O/c1-7(2)10-9(12-6-15-10)5-14-4-8(11)3-13-14/h3-4,6-7H,5H2,1-2H3. The Morgan fingerprint density at radius 1 is 1.53 bits per heavy atom. The zero-order chi connectivity index (χ0) is 10.8. The van der Waals surface area contributed by atoms with E-state index in [1.165, 1.54) is 6.39 Å². The van der Waals surface area contributed by atoms with Gasteiger partial charge in [-0.2, -0.15) is 5.10 Å². The molecule has 2 rings (SSSR count). The summed E-state index contributed by atoms with van der Waals surface area (Å²) in [4.78, 5) is 4.20. The highest BCUT2D eigenvalue weighted by Gasteiger charge is 2.12. The van der Waals surface area contributed by atoms with Gasteiger partial charge in [0.2, 0.25) is 0 Å². The monoisotopic (exact) mass is 269 g/mol. The summed E-state index contributed by atoms with van der Waals surface area (Å²) in [6.07, 6.45) is 5.16. The van der Waals surface area contributed by atoms with E-state index < -0.39 is 0 Å². The summed E-state index contributed by atoms with van der Waals surface area (Å²) < 4.78 is 8.14. The van der Waals surface area contributed by atoms with Gasteiger partial charge in [0.1, 0.15) is 11.5 Å². The van der Waals surface area contributed by atoms with E-state index in [4.69, 9.17) is 4.42 Å². The van der Waals surface area contributed by atoms with Crippen LogP contribution in [0.3, 0.4) is 0 Å². The first-order chi connectivity index (χ1) is 7.16. The first-order valence-electron chi connectivity index (χ1n) is 4.77. The van der Waals surface area contributed by atoms with Crippen molar-refractivity contribution in [3.05, 3.63) is 34.7 Å². The zero-order valence-corrected chi connectivity index (χ0v) is 10.2. The molecule has 0 radical (unpaired) electrons. The molecule has 2 aromatic heterocycles. The number of nitrogens with zero attached hydrogens (tertiary/aromatic N) is 3. The molecule has 0 amide bonds. The van der Waals surface area contributed by atoms with Crippen LogP contribution in [0.1, 0.15) is 31.2 Å². The maximum Gasteiger partial charge on any atom is 0.181 e. The van der Waals surface area contributed by atoms with Crippen LogP contribution in [0.5, 0.6) is 0 Å². The van der Waals surface area contributed by atoms with E-state index in [9.17, 15) is 0 Å². The van der Waals surface area contributed by atoms with E-state index in [1.54, 1.807) is 6.20 Å². The lowest BCUT2D eigenvalue weighted by Gasteiger charge is -2.03. The first-order valence-corrected chi connectivity index (χ1v) is 5.56. The lowest BCUT2D eigenvalue weighted by atomic mass is 10.1. The fourth-order valence-electron chi connectivity index (χ4n) is 1.44. The van der Waals surface area contributed by atoms with E-state index in [0.29, 0.717) is 12.5 Å². The molecule has 80 valence electrons. The van der Waals surface area contributed by atoms with Crippen LogP contribution in [-0.4, -0.2) is 14.8 Å². The van der Waals surface area contributed by atoms with Crippen LogP contribution in [0.2, 0.25) is 0 Å². The van der Waals surface area contributed by atoms with Gasteiger partial charge in [0, 0.05) is 12.1 Å². The lowest BCUT2D eigenvalue weighted by molar-refractivity contribution is 0.476. The van der Waals surface area contributed by atoms with E-state index in [1.807, 2.05) is 10.9 Å². The predicted molar refractivity (Wildman–Crippen MR) is 59.6 cm³/mol. The molecule has 15 heavy (non-hydrogen) atoms. The van der Waals surface area contributed by atoms with Crippen molar-refractivity contribution in [2.24, 2.45) is 0 Å². The second kappa shape index (κ2) is 4.18. The average molecular weight is 270 g/mol. The Hall–Kier alpha value is -1.10. The van der Waals surface area contributed by atoms with Crippen molar-refractivity contribution < 1.29 is 4.42 Å². The molecule has 0 aliphatic rings. The van der Waals surface area contributed by atoms with Crippen molar-refractivity contribution in [2.45, 2.75) is 26.3 Å². The third-order valence-corrected chi connectivity index (χ3v) is 2.52. The molecule has 0 bridgehead atoms. The third kappa shape index (κ3) is 2.28. The van der Waals surface area contributed by atoms with Gasteiger partial charge in [-0.1, -0.05) is 13.8 Å². The van der Waals surface area contributed by atoms with E-state index in [0.717, 1.165) is 15.9 Å². The highest BCUT2D eigenvalue weighted by molar-refractivity contribution is 9.10. The Morgan fingerprint density at radius 2 is 2.33 bits per heavy atom. The summed E-state index contributed by atoms with van der Waals surface area (Å²) in [5.74, 6) is 1.28. The number of oxazole rings is 1. The summed E-state index contributed by atoms with van der Waals surface area (Å²) in [5.41, 5.74) is 0.945. The van der Waals surface area contributed by atoms with Gasteiger partial charge in [-0.15, -0.1) is 0 Å². The largest absolute Gasteiger partial charge is 0.448 e. The number of hydrogen-bond acceptors (Lipinski definition) is 3. The Balaban J connectivity index is 2.20. The highest BCUT2D eigenvalue weighted by Crippen LogP contribution is 2.19. The Labute approximate surface area is 96.4 Å². The maximum absolute atomic E-state index is 5.34. The van der Waals surface area contributed by atoms with Gasteiger partial charge in [0.05, 0.1) is 17.2 Å². The smallest absolute Gasteiger partial charge is 0.181 e. The third-order valence-electron chi connectivity index (χ3n) is 2.11. The molecule has 0 fully saturated rings. The molecule has 0 N–H and O–H groups in total. The van der Waals surface area contributed by atoms with Gasteiger partial charge in [-0.3, -0.25) is 4.68 Å². The first kappa shape index (κ1) is 10.4. The van der Waals surface area contributed by atoms with Gasteiger partial charge < -0.3 is 4.42 Å². The molecule has 5 heteroatoms. The van der Waals surface area contributed by atoms with E-state index in [-0.39, 0.29) is 0 Å². The van der Waals surface area contributed by atoms with Crippen molar-refractivity contribution in [2.75, 3.05) is 0 Å². The molecule has 0 spiro atoms. The summed E-state index contributed by atoms with van der Waals surface area (Å²) in [6.45, 7) is 4.82. The molecular weight excluding hydrogens is 258 g/mol. The van der Waals surface area contributed by atoms with Crippen LogP contribution in [0, 0.1) is 0 Å². The summed E-state index contributed by atoms with van der Waals surface area (Å²) in [6, 6.07) is 0. The highest BCUT2D eigenvalue weighted by atomic mass is 79.9. The molecule has 2 heterocycles. The normalized spacial score (nSPS) is 11.2. The minimum Gasteiger partial charge on any atom is -0.448 e. The summed E-state index contributed by atoms with van der Waals surface area (Å²) >= 11 is 3.36. The fourth-order valence-corrected chi connectivity index (χ4v) is 1.77. The molecule has 0 aliphatic heterocycles. The average Bonchev–Trinajstić information content (AvgIpc) is 2.75. The molecule has 2 aromatic rings. The Bertz CT molecular complexity index is 447. The SMILES string of the molecule is CC(C)c1ocnc1Cn1cc(Br)cn1. The van der Waals surface area contributed by atoms with E-state index in [2.05, 4.69) is 39.9 Å². The van der Waals surface area contributed by atoms with Gasteiger partial charge in [-0.25, -0.2) is 4.98 Å². The van der Waals surface area contributed by atoms with Crippen molar-refractivity contribution in [3.8, 4) is 0 Å². The maximum atomic E-state index is 5.34. The predicted octanol–water partition coefficient (Wildman–Crippen LogP) is 2.81.